The third-order valence-corrected chi connectivity index (χ3v) is 4.26. The minimum Gasteiger partial charge on any atom is -0.321 e. The molecule has 8 heteroatoms. The molecule has 0 N–H and O–H groups in total. The number of imidazole rings is 2. The predicted molar refractivity (Wildman–Crippen MR) is 86.2 cm³/mol. The summed E-state index contributed by atoms with van der Waals surface area (Å²) in [5.74, 6) is 0. The Labute approximate surface area is 131 Å². The van der Waals surface area contributed by atoms with E-state index in [0.29, 0.717) is 11.0 Å². The van der Waals surface area contributed by atoms with Crippen molar-refractivity contribution in [3.8, 4) is 0 Å². The fraction of sp³-hybridized carbons (Fsp3) is 0.0667. The van der Waals surface area contributed by atoms with Crippen molar-refractivity contribution >= 4 is 29.7 Å². The third kappa shape index (κ3) is 2.55. The predicted octanol–water partition coefficient (Wildman–Crippen LogP) is 2.77. The van der Waals surface area contributed by atoms with Crippen molar-refractivity contribution in [3.63, 3.8) is 0 Å². The lowest BCUT2D eigenvalue weighted by atomic mass is 10.3. The number of aromatic nitrogens is 4. The quantitative estimate of drug-likeness (QED) is 0.539. The molecule has 23 heavy (non-hydrogen) atoms. The van der Waals surface area contributed by atoms with Gasteiger partial charge in [-0.25, -0.2) is 14.5 Å². The Morgan fingerprint density at radius 1 is 0.826 bits per heavy atom. The van der Waals surface area contributed by atoms with E-state index in [0.717, 1.165) is 11.0 Å². The van der Waals surface area contributed by atoms with Gasteiger partial charge in [-0.05, 0) is 24.3 Å². The van der Waals surface area contributed by atoms with Gasteiger partial charge in [0, 0.05) is 0 Å². The van der Waals surface area contributed by atoms with E-state index in [9.17, 15) is 4.57 Å². The molecule has 0 radical (unpaired) electrons. The van der Waals surface area contributed by atoms with Crippen molar-refractivity contribution < 1.29 is 13.8 Å². The highest BCUT2D eigenvalue weighted by Gasteiger charge is 2.23. The van der Waals surface area contributed by atoms with E-state index in [2.05, 4.69) is 9.97 Å². The molecule has 4 rings (SSSR count). The van der Waals surface area contributed by atoms with Crippen LogP contribution in [0.15, 0.2) is 61.2 Å². The summed E-state index contributed by atoms with van der Waals surface area (Å²) in [4.78, 5) is 8.38. The average molecular weight is 328 g/mol. The second-order valence-corrected chi connectivity index (χ2v) is 6.92. The van der Waals surface area contributed by atoms with Crippen LogP contribution < -0.4 is 9.25 Å². The van der Waals surface area contributed by atoms with Crippen LogP contribution in [0.2, 0.25) is 0 Å². The number of para-hydroxylation sites is 4. The first-order chi connectivity index (χ1) is 11.1. The van der Waals surface area contributed by atoms with E-state index < -0.39 is 7.60 Å². The van der Waals surface area contributed by atoms with Crippen molar-refractivity contribution in [2.24, 2.45) is 0 Å². The maximum Gasteiger partial charge on any atom is 0.464 e. The highest BCUT2D eigenvalue weighted by atomic mass is 31.2. The zero-order valence-corrected chi connectivity index (χ0v) is 13.1. The molecule has 2 aromatic carbocycles. The fourth-order valence-corrected chi connectivity index (χ4v) is 3.27. The number of fused-ring (bicyclic) bond motifs is 2. The van der Waals surface area contributed by atoms with Crippen LogP contribution in [-0.4, -0.2) is 26.1 Å². The molecule has 2 aromatic heterocycles. The van der Waals surface area contributed by atoms with E-state index >= 15 is 0 Å². The topological polar surface area (TPSA) is 71.2 Å². The number of hydrogen-bond donors (Lipinski definition) is 0. The smallest absolute Gasteiger partial charge is 0.321 e. The van der Waals surface area contributed by atoms with Gasteiger partial charge >= 0.3 is 7.60 Å². The van der Waals surface area contributed by atoms with E-state index in [4.69, 9.17) is 9.25 Å². The Balaban J connectivity index is 1.64. The Morgan fingerprint density at radius 2 is 1.26 bits per heavy atom. The van der Waals surface area contributed by atoms with Crippen LogP contribution in [0, 0.1) is 0 Å². The minimum absolute atomic E-state index is 0.716. The van der Waals surface area contributed by atoms with Gasteiger partial charge in [0.05, 0.1) is 17.7 Å². The van der Waals surface area contributed by atoms with E-state index in [-0.39, 0.29) is 0 Å². The Morgan fingerprint density at radius 3 is 1.74 bits per heavy atom. The van der Waals surface area contributed by atoms with Crippen LogP contribution in [-0.2, 0) is 4.57 Å². The zero-order valence-electron chi connectivity index (χ0n) is 12.2. The minimum atomic E-state index is -3.43. The monoisotopic (exact) mass is 328 g/mol. The summed E-state index contributed by atoms with van der Waals surface area (Å²) in [6.45, 7) is 1.40. The molecule has 2 heterocycles. The Bertz CT molecular complexity index is 959. The first-order valence-electron chi connectivity index (χ1n) is 6.94. The summed E-state index contributed by atoms with van der Waals surface area (Å²) in [5.41, 5.74) is 2.93. The maximum absolute atomic E-state index is 12.7. The maximum atomic E-state index is 12.7. The molecular weight excluding hydrogens is 315 g/mol. The molecule has 0 bridgehead atoms. The molecule has 0 aliphatic rings. The van der Waals surface area contributed by atoms with Crippen molar-refractivity contribution in [3.05, 3.63) is 61.2 Å². The third-order valence-electron chi connectivity index (χ3n) is 3.31. The number of benzene rings is 2. The van der Waals surface area contributed by atoms with Crippen molar-refractivity contribution in [2.75, 3.05) is 6.66 Å². The lowest BCUT2D eigenvalue weighted by Crippen LogP contribution is -2.16. The van der Waals surface area contributed by atoms with E-state index in [1.54, 1.807) is 0 Å². The molecule has 0 unspecified atom stereocenters. The van der Waals surface area contributed by atoms with Gasteiger partial charge < -0.3 is 9.25 Å². The molecule has 0 aliphatic carbocycles. The second-order valence-electron chi connectivity index (χ2n) is 5.05. The van der Waals surface area contributed by atoms with Gasteiger partial charge in [-0.1, -0.05) is 24.3 Å². The summed E-state index contributed by atoms with van der Waals surface area (Å²) in [6.07, 6.45) is 2.94. The first kappa shape index (κ1) is 13.8. The summed E-state index contributed by atoms with van der Waals surface area (Å²) in [5, 5.41) is 0. The number of hydrogen-bond acceptors (Lipinski definition) is 5. The largest absolute Gasteiger partial charge is 0.464 e. The van der Waals surface area contributed by atoms with Crippen LogP contribution >= 0.6 is 7.60 Å². The summed E-state index contributed by atoms with van der Waals surface area (Å²) in [6, 6.07) is 14.8. The highest BCUT2D eigenvalue weighted by molar-refractivity contribution is 7.53. The van der Waals surface area contributed by atoms with Crippen LogP contribution in [0.5, 0.6) is 0 Å². The van der Waals surface area contributed by atoms with Gasteiger partial charge in [0.1, 0.15) is 23.7 Å². The first-order valence-corrected chi connectivity index (χ1v) is 8.93. The summed E-state index contributed by atoms with van der Waals surface area (Å²) >= 11 is 0. The normalized spacial score (nSPS) is 11.9. The molecule has 0 saturated heterocycles. The van der Waals surface area contributed by atoms with Crippen LogP contribution in [0.4, 0.5) is 0 Å². The summed E-state index contributed by atoms with van der Waals surface area (Å²) < 4.78 is 26.4. The van der Waals surface area contributed by atoms with E-state index in [1.807, 2.05) is 48.5 Å². The van der Waals surface area contributed by atoms with Gasteiger partial charge in [0.25, 0.3) is 0 Å². The van der Waals surface area contributed by atoms with Crippen LogP contribution in [0.25, 0.3) is 22.1 Å². The summed E-state index contributed by atoms with van der Waals surface area (Å²) in [7, 11) is -3.43. The zero-order chi connectivity index (χ0) is 15.9. The van der Waals surface area contributed by atoms with Crippen molar-refractivity contribution in [2.45, 2.75) is 0 Å². The number of nitrogens with zero attached hydrogens (tertiary/aromatic N) is 4. The molecular formula is C15H13N4O3P. The molecule has 116 valence electrons. The molecule has 0 saturated carbocycles. The lowest BCUT2D eigenvalue weighted by molar-refractivity contribution is 0.188. The van der Waals surface area contributed by atoms with Gasteiger partial charge in [-0.15, -0.1) is 0 Å². The van der Waals surface area contributed by atoms with Crippen molar-refractivity contribution in [1.82, 2.24) is 19.4 Å². The number of rotatable bonds is 4. The van der Waals surface area contributed by atoms with Gasteiger partial charge in [0.2, 0.25) is 0 Å². The van der Waals surface area contributed by atoms with Gasteiger partial charge in [0.15, 0.2) is 0 Å². The molecule has 0 aliphatic heterocycles. The Kier molecular flexibility index (Phi) is 3.09. The molecule has 0 atom stereocenters. The molecule has 0 amide bonds. The van der Waals surface area contributed by atoms with Crippen molar-refractivity contribution in [1.29, 1.82) is 0 Å². The van der Waals surface area contributed by atoms with Gasteiger partial charge in [-0.3, -0.25) is 0 Å². The van der Waals surface area contributed by atoms with Crippen LogP contribution in [0.1, 0.15) is 0 Å². The molecule has 7 nitrogen and oxygen atoms in total. The molecule has 0 spiro atoms. The SMILES string of the molecule is CP(=O)(On1cnc2ccccc21)On1cnc2ccccc21. The molecule has 0 fully saturated rings. The highest BCUT2D eigenvalue weighted by Crippen LogP contribution is 2.37. The van der Waals surface area contributed by atoms with Gasteiger partial charge in [-0.2, -0.15) is 9.46 Å². The molecule has 4 aromatic rings. The van der Waals surface area contributed by atoms with E-state index in [1.165, 1.54) is 28.8 Å². The second kappa shape index (κ2) is 5.14. The lowest BCUT2D eigenvalue weighted by Gasteiger charge is -2.16. The Hall–Kier alpha value is -2.79. The average Bonchev–Trinajstić information content (AvgIpc) is 3.12. The standard InChI is InChI=1S/C15H13N4O3P/c1-23(20,21-18-10-16-12-6-2-4-8-14(12)18)22-19-11-17-13-7-3-5-9-15(13)19/h2-11H,1H3. The fourth-order valence-electron chi connectivity index (χ4n) is 2.34. The van der Waals surface area contributed by atoms with Crippen LogP contribution in [0.3, 0.4) is 0 Å².